The van der Waals surface area contributed by atoms with Crippen LogP contribution in [0.2, 0.25) is 0 Å². The number of piperidine rings is 1. The van der Waals surface area contributed by atoms with Gasteiger partial charge in [-0.25, -0.2) is 0 Å². The molecule has 0 saturated carbocycles. The summed E-state index contributed by atoms with van der Waals surface area (Å²) in [5, 5.41) is 16.7. The van der Waals surface area contributed by atoms with Gasteiger partial charge < -0.3 is 15.4 Å². The average Bonchev–Trinajstić information content (AvgIpc) is 2.74. The Morgan fingerprint density at radius 3 is 2.40 bits per heavy atom. The summed E-state index contributed by atoms with van der Waals surface area (Å²) in [6.07, 6.45) is 1.44. The van der Waals surface area contributed by atoms with Gasteiger partial charge in [-0.2, -0.15) is 0 Å². The molecule has 0 bridgehead atoms. The van der Waals surface area contributed by atoms with Crippen LogP contribution in [-0.4, -0.2) is 53.9 Å². The summed E-state index contributed by atoms with van der Waals surface area (Å²) in [5.74, 6) is -0.327. The molecule has 0 spiro atoms. The maximum Gasteiger partial charge on any atom is 0.310 e. The van der Waals surface area contributed by atoms with Gasteiger partial charge in [0.25, 0.3) is 5.91 Å². The largest absolute Gasteiger partial charge is 0.477 e. The van der Waals surface area contributed by atoms with Gasteiger partial charge in [0, 0.05) is 30.9 Å². The van der Waals surface area contributed by atoms with Crippen LogP contribution in [0.3, 0.4) is 0 Å². The van der Waals surface area contributed by atoms with Gasteiger partial charge in [-0.05, 0) is 31.0 Å². The fraction of sp³-hybridized carbons (Fsp3) is 0.333. The second-order valence-electron chi connectivity index (χ2n) is 7.05. The summed E-state index contributed by atoms with van der Waals surface area (Å²) in [7, 11) is 0. The van der Waals surface area contributed by atoms with Crippen molar-refractivity contribution in [1.82, 2.24) is 10.2 Å². The summed E-state index contributed by atoms with van der Waals surface area (Å²) >= 11 is 0. The second kappa shape index (κ2) is 10.4. The first-order chi connectivity index (χ1) is 14.5. The zero-order valence-electron chi connectivity index (χ0n) is 16.5. The number of anilines is 1. The van der Waals surface area contributed by atoms with Crippen LogP contribution < -0.4 is 15.4 Å². The molecule has 2 aromatic carbocycles. The number of ether oxygens (including phenoxy) is 1. The molecule has 3 rings (SSSR count). The molecule has 1 aliphatic rings. The number of amides is 2. The van der Waals surface area contributed by atoms with E-state index in [9.17, 15) is 19.7 Å². The molecule has 1 fully saturated rings. The second-order valence-corrected chi connectivity index (χ2v) is 7.05. The monoisotopic (exact) mass is 412 g/mol. The predicted octanol–water partition coefficient (Wildman–Crippen LogP) is 2.19. The number of hydrogen-bond donors (Lipinski definition) is 2. The van der Waals surface area contributed by atoms with Crippen LogP contribution in [0.5, 0.6) is 5.75 Å². The normalized spacial score (nSPS) is 14.7. The first-order valence-corrected chi connectivity index (χ1v) is 9.74. The standard InChI is InChI=1S/C21H24N4O5/c26-20(22-16-6-2-1-3-7-16)14-24-12-10-17(11-13-24)23-21(27)15-30-19-9-5-4-8-18(19)25(28)29/h1-9,17H,10-15H2,(H,22,26)(H,23,27). The van der Waals surface area contributed by atoms with Crippen LogP contribution in [0.4, 0.5) is 11.4 Å². The van der Waals surface area contributed by atoms with E-state index in [2.05, 4.69) is 10.6 Å². The first kappa shape index (κ1) is 21.3. The van der Waals surface area contributed by atoms with Crippen molar-refractivity contribution in [2.24, 2.45) is 0 Å². The van der Waals surface area contributed by atoms with Crippen molar-refractivity contribution in [1.29, 1.82) is 0 Å². The number of nitrogens with zero attached hydrogens (tertiary/aromatic N) is 2. The number of hydrogen-bond acceptors (Lipinski definition) is 6. The average molecular weight is 412 g/mol. The molecule has 9 nitrogen and oxygen atoms in total. The number of benzene rings is 2. The van der Waals surface area contributed by atoms with Crippen LogP contribution in [-0.2, 0) is 9.59 Å². The van der Waals surface area contributed by atoms with Crippen molar-refractivity contribution in [3.05, 3.63) is 64.7 Å². The minimum atomic E-state index is -0.545. The highest BCUT2D eigenvalue weighted by Gasteiger charge is 2.23. The summed E-state index contributed by atoms with van der Waals surface area (Å²) in [6, 6.07) is 15.2. The lowest BCUT2D eigenvalue weighted by atomic mass is 10.1. The Morgan fingerprint density at radius 1 is 1.03 bits per heavy atom. The molecule has 9 heteroatoms. The van der Waals surface area contributed by atoms with Gasteiger partial charge in [-0.1, -0.05) is 30.3 Å². The third kappa shape index (κ3) is 6.28. The number of nitrogens with one attached hydrogen (secondary N) is 2. The lowest BCUT2D eigenvalue weighted by Crippen LogP contribution is -2.47. The Kier molecular flexibility index (Phi) is 7.34. The molecule has 0 aliphatic carbocycles. The zero-order chi connectivity index (χ0) is 21.3. The van der Waals surface area contributed by atoms with Crippen LogP contribution in [0.25, 0.3) is 0 Å². The maximum atomic E-state index is 12.1. The van der Waals surface area contributed by atoms with E-state index in [-0.39, 0.29) is 35.9 Å². The maximum absolute atomic E-state index is 12.1. The van der Waals surface area contributed by atoms with E-state index < -0.39 is 4.92 Å². The molecule has 0 radical (unpaired) electrons. The Morgan fingerprint density at radius 2 is 1.70 bits per heavy atom. The Balaban J connectivity index is 1.38. The summed E-state index contributed by atoms with van der Waals surface area (Å²) in [5.41, 5.74) is 0.593. The Bertz CT molecular complexity index is 882. The van der Waals surface area contributed by atoms with Gasteiger partial charge >= 0.3 is 5.69 Å². The number of para-hydroxylation sites is 3. The van der Waals surface area contributed by atoms with Gasteiger partial charge in [-0.3, -0.25) is 24.6 Å². The summed E-state index contributed by atoms with van der Waals surface area (Å²) < 4.78 is 5.32. The number of carbonyl (C=O) groups excluding carboxylic acids is 2. The fourth-order valence-electron chi connectivity index (χ4n) is 3.30. The van der Waals surface area contributed by atoms with Gasteiger partial charge in [0.2, 0.25) is 5.91 Å². The van der Waals surface area contributed by atoms with E-state index in [0.29, 0.717) is 19.6 Å². The fourth-order valence-corrected chi connectivity index (χ4v) is 3.30. The highest BCUT2D eigenvalue weighted by molar-refractivity contribution is 5.92. The molecule has 1 heterocycles. The molecule has 30 heavy (non-hydrogen) atoms. The van der Waals surface area contributed by atoms with E-state index in [0.717, 1.165) is 18.5 Å². The number of likely N-dealkylation sites (tertiary alicyclic amines) is 1. The number of nitro groups is 1. The van der Waals surface area contributed by atoms with Gasteiger partial charge in [-0.15, -0.1) is 0 Å². The van der Waals surface area contributed by atoms with E-state index >= 15 is 0 Å². The van der Waals surface area contributed by atoms with Crippen LogP contribution >= 0.6 is 0 Å². The van der Waals surface area contributed by atoms with Crippen LogP contribution in [0.15, 0.2) is 54.6 Å². The first-order valence-electron chi connectivity index (χ1n) is 9.74. The molecule has 0 unspecified atom stereocenters. The third-order valence-corrected chi connectivity index (χ3v) is 4.80. The molecule has 1 saturated heterocycles. The van der Waals surface area contributed by atoms with Crippen molar-refractivity contribution < 1.29 is 19.2 Å². The van der Waals surface area contributed by atoms with E-state index in [1.54, 1.807) is 12.1 Å². The lowest BCUT2D eigenvalue weighted by Gasteiger charge is -2.31. The number of nitro benzene ring substituents is 1. The zero-order valence-corrected chi connectivity index (χ0v) is 16.5. The summed E-state index contributed by atoms with van der Waals surface area (Å²) in [6.45, 7) is 1.40. The summed E-state index contributed by atoms with van der Waals surface area (Å²) in [4.78, 5) is 36.8. The molecule has 2 amide bonds. The third-order valence-electron chi connectivity index (χ3n) is 4.80. The topological polar surface area (TPSA) is 114 Å². The minimum Gasteiger partial charge on any atom is -0.477 e. The Hall–Kier alpha value is -3.46. The Labute approximate surface area is 174 Å². The van der Waals surface area contributed by atoms with Crippen molar-refractivity contribution in [2.75, 3.05) is 31.6 Å². The van der Waals surface area contributed by atoms with Gasteiger partial charge in [0.05, 0.1) is 11.5 Å². The molecule has 1 aliphatic heterocycles. The molecular formula is C21H24N4O5. The quantitative estimate of drug-likeness (QED) is 0.508. The van der Waals surface area contributed by atoms with Gasteiger partial charge in [0.1, 0.15) is 0 Å². The van der Waals surface area contributed by atoms with E-state index in [4.69, 9.17) is 4.74 Å². The van der Waals surface area contributed by atoms with Crippen molar-refractivity contribution in [3.63, 3.8) is 0 Å². The molecular weight excluding hydrogens is 388 g/mol. The van der Waals surface area contributed by atoms with E-state index in [1.807, 2.05) is 35.2 Å². The van der Waals surface area contributed by atoms with Gasteiger partial charge in [0.15, 0.2) is 12.4 Å². The minimum absolute atomic E-state index is 0.0136. The molecule has 2 aromatic rings. The van der Waals surface area contributed by atoms with Crippen molar-refractivity contribution >= 4 is 23.2 Å². The molecule has 158 valence electrons. The van der Waals surface area contributed by atoms with Crippen LogP contribution in [0.1, 0.15) is 12.8 Å². The molecule has 2 N–H and O–H groups in total. The molecule has 0 atom stereocenters. The predicted molar refractivity (Wildman–Crippen MR) is 111 cm³/mol. The number of rotatable bonds is 8. The van der Waals surface area contributed by atoms with E-state index in [1.165, 1.54) is 12.1 Å². The van der Waals surface area contributed by atoms with Crippen molar-refractivity contribution in [3.8, 4) is 5.75 Å². The molecule has 0 aromatic heterocycles. The smallest absolute Gasteiger partial charge is 0.310 e. The lowest BCUT2D eigenvalue weighted by molar-refractivity contribution is -0.385. The van der Waals surface area contributed by atoms with Crippen molar-refractivity contribution in [2.45, 2.75) is 18.9 Å². The number of carbonyl (C=O) groups is 2. The SMILES string of the molecule is O=C(CN1CCC(NC(=O)COc2ccccc2[N+](=O)[O-])CC1)Nc1ccccc1. The highest BCUT2D eigenvalue weighted by Crippen LogP contribution is 2.25. The highest BCUT2D eigenvalue weighted by atomic mass is 16.6. The van der Waals surface area contributed by atoms with Crippen LogP contribution in [0, 0.1) is 10.1 Å².